The van der Waals surface area contributed by atoms with Gasteiger partial charge in [-0.25, -0.2) is 4.68 Å². The Kier molecular flexibility index (Phi) is 4.21. The van der Waals surface area contributed by atoms with Crippen molar-refractivity contribution in [2.75, 3.05) is 7.11 Å². The largest absolute Gasteiger partial charge is 0.298 e. The van der Waals surface area contributed by atoms with E-state index in [0.717, 1.165) is 13.2 Å². The molecule has 0 saturated heterocycles. The van der Waals surface area contributed by atoms with E-state index in [9.17, 15) is 13.2 Å². The molecule has 0 radical (unpaired) electrons. The average molecular weight is 351 g/mol. The molecule has 0 amide bonds. The lowest BCUT2D eigenvalue weighted by Gasteiger charge is -2.09. The second-order valence-electron chi connectivity index (χ2n) is 4.36. The van der Waals surface area contributed by atoms with Gasteiger partial charge in [0.05, 0.1) is 22.8 Å². The highest BCUT2D eigenvalue weighted by atomic mass is 35.5. The summed E-state index contributed by atoms with van der Waals surface area (Å²) in [6.45, 7) is 3.41. The van der Waals surface area contributed by atoms with Gasteiger partial charge in [-0.1, -0.05) is 23.2 Å². The summed E-state index contributed by atoms with van der Waals surface area (Å²) in [5.74, 6) is 0. The van der Waals surface area contributed by atoms with E-state index in [0.29, 0.717) is 11.3 Å². The maximum Gasteiger partial charge on any atom is 0.298 e. The predicted octanol–water partition coefficient (Wildman–Crippen LogP) is 2.42. The Bertz CT molecular complexity index is 868. The van der Waals surface area contributed by atoms with Gasteiger partial charge >= 0.3 is 0 Å². The predicted molar refractivity (Wildman–Crippen MR) is 80.1 cm³/mol. The number of hydrogen-bond donors (Lipinski definition) is 1. The van der Waals surface area contributed by atoms with Crippen molar-refractivity contribution in [3.05, 3.63) is 43.8 Å². The topological polar surface area (TPSA) is 81.2 Å². The van der Waals surface area contributed by atoms with Gasteiger partial charge in [0.15, 0.2) is 0 Å². The zero-order valence-corrected chi connectivity index (χ0v) is 13.7. The van der Waals surface area contributed by atoms with Crippen LogP contribution in [0.1, 0.15) is 11.3 Å². The fourth-order valence-electron chi connectivity index (χ4n) is 1.77. The molecule has 2 aromatic rings. The lowest BCUT2D eigenvalue weighted by atomic mass is 10.3. The van der Waals surface area contributed by atoms with E-state index in [4.69, 9.17) is 23.2 Å². The van der Waals surface area contributed by atoms with E-state index >= 15 is 0 Å². The third-order valence-corrected chi connectivity index (χ3v) is 5.14. The molecule has 21 heavy (non-hydrogen) atoms. The highest BCUT2D eigenvalue weighted by Crippen LogP contribution is 2.31. The first-order valence-corrected chi connectivity index (χ1v) is 7.93. The number of halogens is 2. The van der Waals surface area contributed by atoms with Crippen LogP contribution in [0.25, 0.3) is 5.69 Å². The standard InChI is InChI=1S/C12H12Cl2N2O4S/c1-6-7(2)15-16(12(6)17)10-4-9(14)11(5-8(10)13)21(18,19)20-3/h4-5,15H,1-3H3. The third kappa shape index (κ3) is 2.74. The molecule has 0 saturated carbocycles. The summed E-state index contributed by atoms with van der Waals surface area (Å²) in [5.41, 5.74) is 1.20. The molecular weight excluding hydrogens is 339 g/mol. The van der Waals surface area contributed by atoms with Crippen molar-refractivity contribution in [2.24, 2.45) is 0 Å². The summed E-state index contributed by atoms with van der Waals surface area (Å²) in [6, 6.07) is 2.45. The highest BCUT2D eigenvalue weighted by molar-refractivity contribution is 7.86. The molecule has 2 rings (SSSR count). The lowest BCUT2D eigenvalue weighted by Crippen LogP contribution is -2.16. The number of hydrogen-bond acceptors (Lipinski definition) is 4. The number of aromatic amines is 1. The van der Waals surface area contributed by atoms with Crippen LogP contribution in [0.5, 0.6) is 0 Å². The van der Waals surface area contributed by atoms with Gasteiger partial charge in [0.2, 0.25) is 0 Å². The summed E-state index contributed by atoms with van der Waals surface area (Å²) in [4.78, 5) is 11.8. The number of aryl methyl sites for hydroxylation is 1. The summed E-state index contributed by atoms with van der Waals surface area (Å²) >= 11 is 12.0. The van der Waals surface area contributed by atoms with Crippen LogP contribution in [0.4, 0.5) is 0 Å². The molecule has 0 aliphatic heterocycles. The maximum absolute atomic E-state index is 12.1. The molecule has 0 atom stereocenters. The maximum atomic E-state index is 12.1. The molecule has 0 aliphatic carbocycles. The van der Waals surface area contributed by atoms with Gasteiger partial charge in [-0.2, -0.15) is 8.42 Å². The van der Waals surface area contributed by atoms with E-state index in [2.05, 4.69) is 9.28 Å². The van der Waals surface area contributed by atoms with Gasteiger partial charge in [0.25, 0.3) is 15.7 Å². The van der Waals surface area contributed by atoms with Gasteiger partial charge in [-0.05, 0) is 26.0 Å². The number of nitrogens with zero attached hydrogens (tertiary/aromatic N) is 1. The molecule has 1 N–H and O–H groups in total. The number of H-pyrrole nitrogens is 1. The summed E-state index contributed by atoms with van der Waals surface area (Å²) in [7, 11) is -2.95. The van der Waals surface area contributed by atoms with Gasteiger partial charge in [0.1, 0.15) is 4.90 Å². The van der Waals surface area contributed by atoms with Crippen LogP contribution in [-0.2, 0) is 14.3 Å². The Morgan fingerprint density at radius 1 is 1.19 bits per heavy atom. The van der Waals surface area contributed by atoms with E-state index < -0.39 is 10.1 Å². The van der Waals surface area contributed by atoms with Gasteiger partial charge in [0, 0.05) is 11.3 Å². The lowest BCUT2D eigenvalue weighted by molar-refractivity contribution is 0.398. The molecule has 6 nitrogen and oxygen atoms in total. The van der Waals surface area contributed by atoms with Crippen LogP contribution in [0.15, 0.2) is 21.8 Å². The minimum Gasteiger partial charge on any atom is -0.295 e. The molecular formula is C12H12Cl2N2O4S. The average Bonchev–Trinajstić information content (AvgIpc) is 2.68. The van der Waals surface area contributed by atoms with Crippen LogP contribution in [-0.4, -0.2) is 25.3 Å². The Morgan fingerprint density at radius 2 is 1.81 bits per heavy atom. The molecule has 0 fully saturated rings. The minimum absolute atomic E-state index is 0.0541. The van der Waals surface area contributed by atoms with Gasteiger partial charge < -0.3 is 0 Å². The van der Waals surface area contributed by atoms with Crippen LogP contribution >= 0.6 is 23.2 Å². The fraction of sp³-hybridized carbons (Fsp3) is 0.250. The van der Waals surface area contributed by atoms with Crippen molar-refractivity contribution in [3.8, 4) is 5.69 Å². The number of benzene rings is 1. The van der Waals surface area contributed by atoms with E-state index in [1.54, 1.807) is 13.8 Å². The minimum atomic E-state index is -3.98. The molecule has 1 aromatic carbocycles. The zero-order chi connectivity index (χ0) is 15.9. The highest BCUT2D eigenvalue weighted by Gasteiger charge is 2.21. The summed E-state index contributed by atoms with van der Waals surface area (Å²) in [6.07, 6.45) is 0. The molecule has 0 spiro atoms. The fourth-order valence-corrected chi connectivity index (χ4v) is 3.26. The van der Waals surface area contributed by atoms with Crippen molar-refractivity contribution in [2.45, 2.75) is 18.7 Å². The van der Waals surface area contributed by atoms with Crippen molar-refractivity contribution >= 4 is 33.3 Å². The molecule has 9 heteroatoms. The van der Waals surface area contributed by atoms with Crippen molar-refractivity contribution < 1.29 is 12.6 Å². The quantitative estimate of drug-likeness (QED) is 0.861. The van der Waals surface area contributed by atoms with Crippen molar-refractivity contribution in [3.63, 3.8) is 0 Å². The van der Waals surface area contributed by atoms with Crippen LogP contribution in [0.2, 0.25) is 10.0 Å². The first-order valence-electron chi connectivity index (χ1n) is 5.77. The zero-order valence-electron chi connectivity index (χ0n) is 11.4. The normalized spacial score (nSPS) is 11.9. The van der Waals surface area contributed by atoms with Gasteiger partial charge in [-0.15, -0.1) is 0 Å². The molecule has 0 aliphatic rings. The monoisotopic (exact) mass is 350 g/mol. The second kappa shape index (κ2) is 5.49. The Balaban J connectivity index is 2.72. The summed E-state index contributed by atoms with van der Waals surface area (Å²) < 4.78 is 29.0. The van der Waals surface area contributed by atoms with Crippen LogP contribution < -0.4 is 5.56 Å². The van der Waals surface area contributed by atoms with E-state index in [1.807, 2.05) is 0 Å². The first kappa shape index (κ1) is 16.1. The van der Waals surface area contributed by atoms with Crippen molar-refractivity contribution in [1.29, 1.82) is 0 Å². The number of nitrogens with one attached hydrogen (secondary N) is 1. The Morgan fingerprint density at radius 3 is 2.29 bits per heavy atom. The molecule has 1 heterocycles. The second-order valence-corrected chi connectivity index (χ2v) is 6.85. The Hall–Kier alpha value is -1.28. The Labute approximate surface area is 131 Å². The number of aromatic nitrogens is 2. The van der Waals surface area contributed by atoms with E-state index in [-0.39, 0.29) is 26.2 Å². The SMILES string of the molecule is COS(=O)(=O)c1cc(Cl)c(-n2[nH]c(C)c(C)c2=O)cc1Cl. The first-order chi connectivity index (χ1) is 9.69. The van der Waals surface area contributed by atoms with Gasteiger partial charge in [-0.3, -0.25) is 14.1 Å². The van der Waals surface area contributed by atoms with Crippen molar-refractivity contribution in [1.82, 2.24) is 9.78 Å². The smallest absolute Gasteiger partial charge is 0.295 e. The van der Waals surface area contributed by atoms with Crippen LogP contribution in [0.3, 0.4) is 0 Å². The van der Waals surface area contributed by atoms with E-state index in [1.165, 1.54) is 10.7 Å². The third-order valence-electron chi connectivity index (χ3n) is 3.10. The summed E-state index contributed by atoms with van der Waals surface area (Å²) in [5, 5.41) is 2.81. The van der Waals surface area contributed by atoms with Crippen LogP contribution in [0, 0.1) is 13.8 Å². The molecule has 1 aromatic heterocycles. The molecule has 0 unspecified atom stereocenters. The molecule has 0 bridgehead atoms. The molecule has 114 valence electrons. The number of rotatable bonds is 3.